The monoisotopic (exact) mass is 547 g/mol. The standard InChI is InChI=1S/C28H35F2N3O4S/c1-27-11-10-21(35)28(2,14-34)20(27)13-19-24(16(27)12-22(36)31-15-6-3-4-7-15)32-26(38-19)33-25(37)23-17(29)8-5-9-18(23)30/h5,8-9,15-16,20-21,34-35H,3-4,6-7,10-14H2,1-2H3,(H,31,36)(H,32,33,37)/t16-,20+,21-,27+,28+/m1/s1. The molecule has 1 heterocycles. The van der Waals surface area contributed by atoms with Gasteiger partial charge in [0.1, 0.15) is 17.2 Å². The van der Waals surface area contributed by atoms with Crippen LogP contribution in [-0.4, -0.2) is 45.8 Å². The molecule has 2 aromatic rings. The van der Waals surface area contributed by atoms with Gasteiger partial charge in [0.2, 0.25) is 5.91 Å². The van der Waals surface area contributed by atoms with E-state index >= 15 is 0 Å². The van der Waals surface area contributed by atoms with Crippen LogP contribution in [0.4, 0.5) is 13.9 Å². The second-order valence-electron chi connectivity index (χ2n) is 11.7. The van der Waals surface area contributed by atoms with Crippen molar-refractivity contribution in [1.82, 2.24) is 10.3 Å². The second-order valence-corrected chi connectivity index (χ2v) is 12.7. The number of hydrogen-bond acceptors (Lipinski definition) is 6. The maximum absolute atomic E-state index is 14.2. The normalized spacial score (nSPS) is 30.9. The number of anilines is 1. The summed E-state index contributed by atoms with van der Waals surface area (Å²) < 4.78 is 28.4. The molecule has 1 aromatic heterocycles. The Morgan fingerprint density at radius 3 is 2.50 bits per heavy atom. The predicted octanol–water partition coefficient (Wildman–Crippen LogP) is 4.54. The van der Waals surface area contributed by atoms with Crippen LogP contribution in [0.15, 0.2) is 18.2 Å². The van der Waals surface area contributed by atoms with E-state index in [1.54, 1.807) is 0 Å². The fourth-order valence-corrected chi connectivity index (χ4v) is 8.18. The molecule has 2 saturated carbocycles. The summed E-state index contributed by atoms with van der Waals surface area (Å²) in [5.41, 5.74) is -1.17. The van der Waals surface area contributed by atoms with Gasteiger partial charge >= 0.3 is 0 Å². The fourth-order valence-electron chi connectivity index (χ4n) is 7.12. The lowest BCUT2D eigenvalue weighted by Gasteiger charge is -2.58. The average molecular weight is 548 g/mol. The third kappa shape index (κ3) is 4.64. The molecule has 7 nitrogen and oxygen atoms in total. The van der Waals surface area contributed by atoms with Gasteiger partial charge in [0.15, 0.2) is 5.13 Å². The summed E-state index contributed by atoms with van der Waals surface area (Å²) in [5.74, 6) is -3.34. The van der Waals surface area contributed by atoms with Crippen LogP contribution in [0.2, 0.25) is 0 Å². The minimum atomic E-state index is -0.962. The van der Waals surface area contributed by atoms with E-state index < -0.39 is 40.0 Å². The van der Waals surface area contributed by atoms with Gasteiger partial charge in [0.25, 0.3) is 5.91 Å². The lowest BCUT2D eigenvalue weighted by atomic mass is 9.47. The summed E-state index contributed by atoms with van der Waals surface area (Å²) in [4.78, 5) is 31.6. The number of aliphatic hydroxyl groups excluding tert-OH is 2. The molecular weight excluding hydrogens is 512 g/mol. The first-order chi connectivity index (χ1) is 18.1. The average Bonchev–Trinajstić information content (AvgIpc) is 3.52. The minimum absolute atomic E-state index is 0.0569. The van der Waals surface area contributed by atoms with Crippen LogP contribution in [0, 0.1) is 28.4 Å². The molecule has 10 heteroatoms. The molecule has 5 rings (SSSR count). The number of carbonyl (C=O) groups excluding carboxylic acids is 2. The molecule has 0 aliphatic heterocycles. The summed E-state index contributed by atoms with van der Waals surface area (Å²) in [6.07, 6.45) is 5.33. The van der Waals surface area contributed by atoms with Gasteiger partial charge in [-0.3, -0.25) is 14.9 Å². The van der Waals surface area contributed by atoms with Gasteiger partial charge < -0.3 is 15.5 Å². The zero-order valence-electron chi connectivity index (χ0n) is 21.7. The van der Waals surface area contributed by atoms with Crippen LogP contribution in [0.25, 0.3) is 0 Å². The van der Waals surface area contributed by atoms with Crippen LogP contribution >= 0.6 is 11.3 Å². The van der Waals surface area contributed by atoms with Gasteiger partial charge in [-0.25, -0.2) is 13.8 Å². The van der Waals surface area contributed by atoms with Crippen molar-refractivity contribution in [2.45, 2.75) is 83.3 Å². The van der Waals surface area contributed by atoms with E-state index in [2.05, 4.69) is 17.6 Å². The molecule has 38 heavy (non-hydrogen) atoms. The van der Waals surface area contributed by atoms with E-state index in [1.807, 2.05) is 6.92 Å². The lowest BCUT2D eigenvalue weighted by Crippen LogP contribution is -2.57. The number of nitrogens with one attached hydrogen (secondary N) is 2. The topological polar surface area (TPSA) is 112 Å². The van der Waals surface area contributed by atoms with Crippen molar-refractivity contribution in [2.24, 2.45) is 16.7 Å². The molecular formula is C28H35F2N3O4S. The van der Waals surface area contributed by atoms with Crippen molar-refractivity contribution < 1.29 is 28.6 Å². The Bertz CT molecular complexity index is 1210. The molecule has 1 aromatic carbocycles. The molecule has 0 saturated heterocycles. The van der Waals surface area contributed by atoms with E-state index in [0.29, 0.717) is 25.0 Å². The Morgan fingerprint density at radius 1 is 1.16 bits per heavy atom. The molecule has 3 aliphatic carbocycles. The molecule has 4 N–H and O–H groups in total. The van der Waals surface area contributed by atoms with Gasteiger partial charge in [-0.2, -0.15) is 0 Å². The van der Waals surface area contributed by atoms with Crippen LogP contribution in [0.3, 0.4) is 0 Å². The first-order valence-corrected chi connectivity index (χ1v) is 14.2. The van der Waals surface area contributed by atoms with Crippen molar-refractivity contribution in [2.75, 3.05) is 11.9 Å². The predicted molar refractivity (Wildman–Crippen MR) is 140 cm³/mol. The van der Waals surface area contributed by atoms with Gasteiger partial charge in [0.05, 0.1) is 18.4 Å². The Balaban J connectivity index is 1.49. The fraction of sp³-hybridized carbons (Fsp3) is 0.607. The highest BCUT2D eigenvalue weighted by Crippen LogP contribution is 2.62. The van der Waals surface area contributed by atoms with E-state index in [4.69, 9.17) is 4.98 Å². The Hall–Kier alpha value is -2.43. The molecule has 0 spiro atoms. The SMILES string of the molecule is C[C@]1(CO)[C@H]2Cc3sc(NC(=O)c4c(F)cccc4F)nc3[C@@H](CC(=O)NC3CCCC3)[C@]2(C)CC[C@H]1O. The molecule has 2 amide bonds. The largest absolute Gasteiger partial charge is 0.396 e. The summed E-state index contributed by atoms with van der Waals surface area (Å²) in [5, 5.41) is 27.2. The summed E-state index contributed by atoms with van der Waals surface area (Å²) in [6, 6.07) is 3.41. The molecule has 3 aliphatic rings. The molecule has 0 unspecified atom stereocenters. The smallest absolute Gasteiger partial charge is 0.263 e. The highest BCUT2D eigenvalue weighted by atomic mass is 32.1. The maximum Gasteiger partial charge on any atom is 0.263 e. The number of thiazole rings is 1. The molecule has 5 atom stereocenters. The van der Waals surface area contributed by atoms with Crippen LogP contribution < -0.4 is 10.6 Å². The third-order valence-electron chi connectivity index (χ3n) is 9.41. The molecule has 2 fully saturated rings. The number of benzene rings is 1. The Kier molecular flexibility index (Phi) is 7.34. The van der Waals surface area contributed by atoms with Crippen LogP contribution in [0.5, 0.6) is 0 Å². The van der Waals surface area contributed by atoms with E-state index in [-0.39, 0.29) is 41.9 Å². The van der Waals surface area contributed by atoms with Crippen molar-refractivity contribution in [3.63, 3.8) is 0 Å². The zero-order valence-corrected chi connectivity index (χ0v) is 22.5. The van der Waals surface area contributed by atoms with Gasteiger partial charge in [0, 0.05) is 28.7 Å². The van der Waals surface area contributed by atoms with Crippen LogP contribution in [-0.2, 0) is 11.2 Å². The number of hydrogen-bond donors (Lipinski definition) is 4. The van der Waals surface area contributed by atoms with E-state index in [0.717, 1.165) is 42.7 Å². The van der Waals surface area contributed by atoms with Crippen molar-refractivity contribution in [3.8, 4) is 0 Å². The van der Waals surface area contributed by atoms with Crippen molar-refractivity contribution in [3.05, 3.63) is 46.0 Å². The Morgan fingerprint density at radius 2 is 1.84 bits per heavy atom. The number of fused-ring (bicyclic) bond motifs is 2. The molecule has 206 valence electrons. The number of nitrogens with zero attached hydrogens (tertiary/aromatic N) is 1. The lowest BCUT2D eigenvalue weighted by molar-refractivity contribution is -0.144. The van der Waals surface area contributed by atoms with Crippen LogP contribution in [0.1, 0.15) is 85.6 Å². The maximum atomic E-state index is 14.2. The molecule has 0 radical (unpaired) electrons. The number of carbonyl (C=O) groups is 2. The van der Waals surface area contributed by atoms with E-state index in [1.165, 1.54) is 17.4 Å². The number of rotatable bonds is 6. The highest BCUT2D eigenvalue weighted by Gasteiger charge is 2.59. The zero-order chi connectivity index (χ0) is 27.2. The summed E-state index contributed by atoms with van der Waals surface area (Å²) >= 11 is 1.22. The molecule has 0 bridgehead atoms. The third-order valence-corrected chi connectivity index (χ3v) is 10.4. The highest BCUT2D eigenvalue weighted by molar-refractivity contribution is 7.15. The number of aliphatic hydroxyl groups is 2. The Labute approximate surface area is 225 Å². The number of aromatic nitrogens is 1. The summed E-state index contributed by atoms with van der Waals surface area (Å²) in [7, 11) is 0. The van der Waals surface area contributed by atoms with Gasteiger partial charge in [-0.05, 0) is 55.6 Å². The quantitative estimate of drug-likeness (QED) is 0.425. The minimum Gasteiger partial charge on any atom is -0.396 e. The van der Waals surface area contributed by atoms with Gasteiger partial charge in [-0.1, -0.05) is 32.8 Å². The van der Waals surface area contributed by atoms with Crippen molar-refractivity contribution >= 4 is 28.3 Å². The second kappa shape index (κ2) is 10.3. The van der Waals surface area contributed by atoms with Gasteiger partial charge in [-0.15, -0.1) is 11.3 Å². The van der Waals surface area contributed by atoms with Crippen molar-refractivity contribution in [1.29, 1.82) is 0 Å². The first-order valence-electron chi connectivity index (χ1n) is 13.4. The first kappa shape index (κ1) is 27.1. The van der Waals surface area contributed by atoms with E-state index in [9.17, 15) is 28.6 Å². The number of amides is 2. The number of halogens is 2. The summed E-state index contributed by atoms with van der Waals surface area (Å²) in [6.45, 7) is 3.81.